The molecule has 1 N–H and O–H groups in total. The Morgan fingerprint density at radius 2 is 1.22 bits per heavy atom. The molecule has 6 aromatic carbocycles. The summed E-state index contributed by atoms with van der Waals surface area (Å²) < 4.78 is 4.71. The van der Waals surface area contributed by atoms with Gasteiger partial charge in [-0.2, -0.15) is 0 Å². The van der Waals surface area contributed by atoms with Crippen LogP contribution in [0.25, 0.3) is 50.2 Å². The van der Waals surface area contributed by atoms with Gasteiger partial charge in [-0.05, 0) is 72.7 Å². The largest absolute Gasteiger partial charge is 0.344 e. The Morgan fingerprint density at radius 3 is 1.90 bits per heavy atom. The molecule has 2 aromatic heterocycles. The van der Waals surface area contributed by atoms with Crippen molar-refractivity contribution in [3.8, 4) is 11.4 Å². The van der Waals surface area contributed by atoms with Crippen LogP contribution in [0.1, 0.15) is 28.6 Å². The highest BCUT2D eigenvalue weighted by molar-refractivity contribution is 6.14. The highest BCUT2D eigenvalue weighted by Crippen LogP contribution is 2.36. The lowest BCUT2D eigenvalue weighted by Gasteiger charge is -2.23. The van der Waals surface area contributed by atoms with Gasteiger partial charge in [0.05, 0.1) is 16.6 Å². The lowest BCUT2D eigenvalue weighted by molar-refractivity contribution is 0.674. The van der Waals surface area contributed by atoms with Crippen molar-refractivity contribution in [1.29, 1.82) is 0 Å². The van der Waals surface area contributed by atoms with E-state index in [1.165, 1.54) is 32.8 Å². The molecule has 5 nitrogen and oxygen atoms in total. The number of nitrogens with one attached hydrogen (secondary N) is 1. The second-order valence-corrected chi connectivity index (χ2v) is 12.8. The highest BCUT2D eigenvalue weighted by Gasteiger charge is 2.21. The van der Waals surface area contributed by atoms with Crippen LogP contribution in [0.4, 0.5) is 0 Å². The number of aromatic nitrogens is 2. The fourth-order valence-corrected chi connectivity index (χ4v) is 7.25. The van der Waals surface area contributed by atoms with E-state index >= 15 is 0 Å². The normalized spacial score (nSPS) is 14.6. The van der Waals surface area contributed by atoms with Gasteiger partial charge < -0.3 is 14.5 Å². The minimum Gasteiger partial charge on any atom is -0.344 e. The number of hydrogen-bond acceptors (Lipinski definition) is 3. The Hall–Kier alpha value is -6.72. The lowest BCUT2D eigenvalue weighted by Crippen LogP contribution is -2.33. The molecule has 5 heteroatoms. The Morgan fingerprint density at radius 1 is 0.627 bits per heavy atom. The molecule has 0 aliphatic carbocycles. The average Bonchev–Trinajstić information content (AvgIpc) is 3.68. The molecule has 244 valence electrons. The fourth-order valence-electron chi connectivity index (χ4n) is 7.25. The Kier molecular flexibility index (Phi) is 7.51. The summed E-state index contributed by atoms with van der Waals surface area (Å²) in [5.41, 5.74) is 10.8. The smallest absolute Gasteiger partial charge is 0.158 e. The average molecular weight is 658 g/mol. The summed E-state index contributed by atoms with van der Waals surface area (Å²) >= 11 is 0. The van der Waals surface area contributed by atoms with Crippen molar-refractivity contribution in [2.45, 2.75) is 13.1 Å². The molecule has 0 bridgehead atoms. The van der Waals surface area contributed by atoms with E-state index in [1.54, 1.807) is 0 Å². The standard InChI is InChI=1S/C46H35N5/c1-31(44-47-45(33-16-6-3-7-17-33)49-46(48-44)34-18-8-4-9-19-34)26-28-40-32(2)39-30-36(27-29-43(39)50(40)35-20-10-5-11-21-35)51-41-24-14-12-22-37(41)38-23-13-15-25-42(38)51/h3-30,45H,1H2,2H3,(H,47,48,49)/b28-26-. The first-order valence-corrected chi connectivity index (χ1v) is 17.2. The van der Waals surface area contributed by atoms with Crippen LogP contribution in [-0.2, 0) is 0 Å². The van der Waals surface area contributed by atoms with Gasteiger partial charge in [0, 0.05) is 44.4 Å². The van der Waals surface area contributed by atoms with Crippen molar-refractivity contribution >= 4 is 50.5 Å². The number of aliphatic imine (C=N–C) groups is 2. The maximum Gasteiger partial charge on any atom is 0.158 e. The summed E-state index contributed by atoms with van der Waals surface area (Å²) in [4.78, 5) is 10.0. The van der Waals surface area contributed by atoms with E-state index in [0.29, 0.717) is 5.84 Å². The molecule has 51 heavy (non-hydrogen) atoms. The van der Waals surface area contributed by atoms with Gasteiger partial charge in [0.1, 0.15) is 12.0 Å². The van der Waals surface area contributed by atoms with Crippen LogP contribution in [0.2, 0.25) is 0 Å². The molecule has 1 aliphatic rings. The van der Waals surface area contributed by atoms with Gasteiger partial charge in [0.15, 0.2) is 5.84 Å². The lowest BCUT2D eigenvalue weighted by atomic mass is 10.1. The molecule has 3 heterocycles. The Balaban J connectivity index is 1.16. The predicted octanol–water partition coefficient (Wildman–Crippen LogP) is 10.8. The SMILES string of the molecule is C=C(/C=C\c1c(C)c2cc(-n3c4ccccc4c4ccccc43)ccc2n1-c1ccccc1)C1=NC(c2ccccc2)NC(c2ccccc2)=N1. The van der Waals surface area contributed by atoms with Gasteiger partial charge in [0.25, 0.3) is 0 Å². The van der Waals surface area contributed by atoms with E-state index < -0.39 is 0 Å². The maximum absolute atomic E-state index is 5.03. The maximum atomic E-state index is 5.03. The topological polar surface area (TPSA) is 46.6 Å². The van der Waals surface area contributed by atoms with Crippen molar-refractivity contribution in [2.24, 2.45) is 9.98 Å². The van der Waals surface area contributed by atoms with Crippen molar-refractivity contribution < 1.29 is 0 Å². The van der Waals surface area contributed by atoms with E-state index in [1.807, 2.05) is 42.5 Å². The number of fused-ring (bicyclic) bond motifs is 4. The summed E-state index contributed by atoms with van der Waals surface area (Å²) in [6.45, 7) is 6.68. The molecule has 0 saturated heterocycles. The van der Waals surface area contributed by atoms with Gasteiger partial charge >= 0.3 is 0 Å². The van der Waals surface area contributed by atoms with Crippen molar-refractivity contribution in [3.63, 3.8) is 0 Å². The quantitative estimate of drug-likeness (QED) is 0.170. The first-order valence-electron chi connectivity index (χ1n) is 17.2. The molecular weight excluding hydrogens is 623 g/mol. The third-order valence-electron chi connectivity index (χ3n) is 9.74. The molecule has 8 aromatic rings. The summed E-state index contributed by atoms with van der Waals surface area (Å²) in [6.07, 6.45) is 3.92. The molecule has 0 radical (unpaired) electrons. The molecular formula is C46H35N5. The van der Waals surface area contributed by atoms with E-state index in [2.05, 4.69) is 155 Å². The molecule has 0 saturated carbocycles. The zero-order chi connectivity index (χ0) is 34.3. The van der Waals surface area contributed by atoms with Crippen molar-refractivity contribution in [2.75, 3.05) is 0 Å². The molecule has 1 atom stereocenters. The number of para-hydroxylation sites is 3. The number of aryl methyl sites for hydroxylation is 1. The fraction of sp³-hybridized carbons (Fsp3) is 0.0435. The zero-order valence-electron chi connectivity index (χ0n) is 28.2. The Bertz CT molecular complexity index is 2620. The summed E-state index contributed by atoms with van der Waals surface area (Å²) in [6, 6.07) is 55.1. The van der Waals surface area contributed by atoms with Crippen LogP contribution in [0.15, 0.2) is 186 Å². The molecule has 9 rings (SSSR count). The summed E-state index contributed by atoms with van der Waals surface area (Å²) in [5, 5.41) is 7.23. The van der Waals surface area contributed by atoms with Gasteiger partial charge in [-0.25, -0.2) is 9.98 Å². The number of benzene rings is 6. The Labute approximate surface area is 296 Å². The second kappa shape index (κ2) is 12.6. The van der Waals surface area contributed by atoms with Crippen LogP contribution < -0.4 is 5.32 Å². The van der Waals surface area contributed by atoms with Crippen molar-refractivity contribution in [3.05, 3.63) is 198 Å². The molecule has 1 aliphatic heterocycles. The third-order valence-corrected chi connectivity index (χ3v) is 9.74. The number of amidine groups is 2. The first-order chi connectivity index (χ1) is 25.1. The van der Waals surface area contributed by atoms with Crippen LogP contribution in [0.3, 0.4) is 0 Å². The minimum atomic E-state index is -0.282. The molecule has 1 unspecified atom stereocenters. The van der Waals surface area contributed by atoms with Gasteiger partial charge in [-0.1, -0.05) is 122 Å². The van der Waals surface area contributed by atoms with E-state index in [-0.39, 0.29) is 6.17 Å². The van der Waals surface area contributed by atoms with Gasteiger partial charge in [-0.3, -0.25) is 0 Å². The monoisotopic (exact) mass is 657 g/mol. The molecule has 0 fully saturated rings. The molecule has 0 amide bonds. The van der Waals surface area contributed by atoms with E-state index in [9.17, 15) is 0 Å². The van der Waals surface area contributed by atoms with Gasteiger partial charge in [0.2, 0.25) is 0 Å². The van der Waals surface area contributed by atoms with Gasteiger partial charge in [-0.15, -0.1) is 0 Å². The van der Waals surface area contributed by atoms with Crippen LogP contribution in [0.5, 0.6) is 0 Å². The number of rotatable bonds is 7. The van der Waals surface area contributed by atoms with Crippen molar-refractivity contribution in [1.82, 2.24) is 14.5 Å². The van der Waals surface area contributed by atoms with E-state index in [4.69, 9.17) is 9.98 Å². The predicted molar refractivity (Wildman–Crippen MR) is 213 cm³/mol. The third kappa shape index (κ3) is 5.36. The number of hydrogen-bond donors (Lipinski definition) is 1. The first kappa shape index (κ1) is 30.3. The molecule has 0 spiro atoms. The van der Waals surface area contributed by atoms with Crippen LogP contribution in [-0.4, -0.2) is 20.8 Å². The minimum absolute atomic E-state index is 0.282. The summed E-state index contributed by atoms with van der Waals surface area (Å²) in [7, 11) is 0. The van der Waals surface area contributed by atoms with Crippen LogP contribution in [0, 0.1) is 6.92 Å². The summed E-state index contributed by atoms with van der Waals surface area (Å²) in [5.74, 6) is 1.38. The highest BCUT2D eigenvalue weighted by atomic mass is 15.2. The number of nitrogens with zero attached hydrogens (tertiary/aromatic N) is 4. The zero-order valence-corrected chi connectivity index (χ0v) is 28.2. The second-order valence-electron chi connectivity index (χ2n) is 12.8. The van der Waals surface area contributed by atoms with Crippen LogP contribution >= 0.6 is 0 Å². The van der Waals surface area contributed by atoms with E-state index in [0.717, 1.165) is 45.1 Å².